The average Bonchev–Trinajstić information content (AvgIpc) is 2.96. The second-order valence-electron chi connectivity index (χ2n) is 5.32. The molecule has 0 spiro atoms. The van der Waals surface area contributed by atoms with E-state index in [1.165, 1.54) is 11.8 Å². The molecule has 0 bridgehead atoms. The van der Waals surface area contributed by atoms with Gasteiger partial charge in [-0.2, -0.15) is 0 Å². The van der Waals surface area contributed by atoms with Gasteiger partial charge in [0, 0.05) is 24.0 Å². The molecular weight excluding hydrogens is 364 g/mol. The van der Waals surface area contributed by atoms with Crippen LogP contribution in [0.15, 0.2) is 33.9 Å². The van der Waals surface area contributed by atoms with Crippen molar-refractivity contribution in [1.29, 1.82) is 0 Å². The van der Waals surface area contributed by atoms with Crippen LogP contribution in [-0.4, -0.2) is 38.8 Å². The van der Waals surface area contributed by atoms with Crippen molar-refractivity contribution in [3.05, 3.63) is 40.1 Å². The van der Waals surface area contributed by atoms with Gasteiger partial charge in [-0.25, -0.2) is 4.98 Å². The number of H-pyrrole nitrogens is 1. The van der Waals surface area contributed by atoms with E-state index in [2.05, 4.69) is 31.1 Å². The largest absolute Gasteiger partial charge is 0.341 e. The van der Waals surface area contributed by atoms with Gasteiger partial charge in [0.05, 0.1) is 5.75 Å². The fourth-order valence-electron chi connectivity index (χ4n) is 1.77. The van der Waals surface area contributed by atoms with Crippen molar-refractivity contribution in [3.63, 3.8) is 0 Å². The van der Waals surface area contributed by atoms with Crippen molar-refractivity contribution in [1.82, 2.24) is 20.1 Å². The summed E-state index contributed by atoms with van der Waals surface area (Å²) in [6.45, 7) is 4.69. The number of amides is 1. The van der Waals surface area contributed by atoms with Gasteiger partial charge in [-0.15, -0.1) is 5.10 Å². The number of nitrogens with zero attached hydrogens (tertiary/aromatic N) is 3. The summed E-state index contributed by atoms with van der Waals surface area (Å²) in [5, 5.41) is 7.62. The Hall–Kier alpha value is -1.34. The Labute approximate surface area is 143 Å². The number of thioether (sulfide) groups is 1. The molecule has 1 aromatic heterocycles. The SMILES string of the molecule is CC(C)c1nc(SCC(=O)N(C)Cc2ccc(Br)cc2)n[nH]1. The van der Waals surface area contributed by atoms with Gasteiger partial charge in [-0.1, -0.05) is 53.7 Å². The van der Waals surface area contributed by atoms with E-state index in [1.54, 1.807) is 4.90 Å². The molecule has 0 aliphatic carbocycles. The summed E-state index contributed by atoms with van der Waals surface area (Å²) in [6, 6.07) is 7.96. The predicted octanol–water partition coefficient (Wildman–Crippen LogP) is 3.44. The summed E-state index contributed by atoms with van der Waals surface area (Å²) >= 11 is 4.76. The molecule has 1 amide bonds. The Morgan fingerprint density at radius 1 is 1.36 bits per heavy atom. The number of hydrogen-bond acceptors (Lipinski definition) is 4. The van der Waals surface area contributed by atoms with E-state index in [0.29, 0.717) is 23.4 Å². The molecule has 0 radical (unpaired) electrons. The first-order valence-electron chi connectivity index (χ1n) is 6.99. The maximum absolute atomic E-state index is 12.2. The van der Waals surface area contributed by atoms with Gasteiger partial charge >= 0.3 is 0 Å². The normalized spacial score (nSPS) is 11.0. The number of aromatic nitrogens is 3. The third-order valence-corrected chi connectivity index (χ3v) is 4.47. The molecule has 118 valence electrons. The third kappa shape index (κ3) is 4.84. The van der Waals surface area contributed by atoms with Crippen LogP contribution >= 0.6 is 27.7 Å². The Balaban J connectivity index is 1.84. The number of aromatic amines is 1. The zero-order valence-electron chi connectivity index (χ0n) is 12.8. The fraction of sp³-hybridized carbons (Fsp3) is 0.400. The molecular formula is C15H19BrN4OS. The standard InChI is InChI=1S/C15H19BrN4OS/c1-10(2)14-17-15(19-18-14)22-9-13(21)20(3)8-11-4-6-12(16)7-5-11/h4-7,10H,8-9H2,1-3H3,(H,17,18,19). The van der Waals surface area contributed by atoms with Crippen LogP contribution in [0, 0.1) is 0 Å². The molecule has 0 unspecified atom stereocenters. The second kappa shape index (κ2) is 7.78. The number of hydrogen-bond donors (Lipinski definition) is 1. The van der Waals surface area contributed by atoms with Gasteiger partial charge in [-0.3, -0.25) is 9.89 Å². The van der Waals surface area contributed by atoms with Gasteiger partial charge in [0.15, 0.2) is 0 Å². The number of nitrogens with one attached hydrogen (secondary N) is 1. The molecule has 7 heteroatoms. The van der Waals surface area contributed by atoms with Crippen LogP contribution in [0.2, 0.25) is 0 Å². The highest BCUT2D eigenvalue weighted by Gasteiger charge is 2.13. The zero-order chi connectivity index (χ0) is 16.1. The summed E-state index contributed by atoms with van der Waals surface area (Å²) < 4.78 is 1.03. The highest BCUT2D eigenvalue weighted by Crippen LogP contribution is 2.17. The van der Waals surface area contributed by atoms with E-state index in [1.807, 2.05) is 45.2 Å². The van der Waals surface area contributed by atoms with Crippen LogP contribution in [0.5, 0.6) is 0 Å². The van der Waals surface area contributed by atoms with E-state index < -0.39 is 0 Å². The van der Waals surface area contributed by atoms with Gasteiger partial charge < -0.3 is 4.90 Å². The van der Waals surface area contributed by atoms with Crippen LogP contribution in [-0.2, 0) is 11.3 Å². The number of rotatable bonds is 6. The minimum atomic E-state index is 0.0591. The smallest absolute Gasteiger partial charge is 0.233 e. The topological polar surface area (TPSA) is 61.9 Å². The lowest BCUT2D eigenvalue weighted by Crippen LogP contribution is -2.27. The fourth-order valence-corrected chi connectivity index (χ4v) is 2.78. The van der Waals surface area contributed by atoms with Gasteiger partial charge in [0.1, 0.15) is 5.82 Å². The van der Waals surface area contributed by atoms with E-state index in [-0.39, 0.29) is 5.91 Å². The summed E-state index contributed by atoms with van der Waals surface area (Å²) in [4.78, 5) is 18.2. The molecule has 2 aromatic rings. The molecule has 0 aliphatic rings. The maximum atomic E-state index is 12.2. The summed E-state index contributed by atoms with van der Waals surface area (Å²) in [5.41, 5.74) is 1.10. The van der Waals surface area contributed by atoms with Crippen LogP contribution in [0.1, 0.15) is 31.2 Å². The lowest BCUT2D eigenvalue weighted by molar-refractivity contribution is -0.127. The van der Waals surface area contributed by atoms with E-state index in [9.17, 15) is 4.79 Å². The maximum Gasteiger partial charge on any atom is 0.233 e. The summed E-state index contributed by atoms with van der Waals surface area (Å²) in [5.74, 6) is 1.54. The molecule has 2 rings (SSSR count). The molecule has 22 heavy (non-hydrogen) atoms. The van der Waals surface area contributed by atoms with Crippen molar-refractivity contribution < 1.29 is 4.79 Å². The van der Waals surface area contributed by atoms with Crippen molar-refractivity contribution in [2.45, 2.75) is 31.5 Å². The van der Waals surface area contributed by atoms with Crippen molar-refractivity contribution in [3.8, 4) is 0 Å². The molecule has 0 saturated carbocycles. The van der Waals surface area contributed by atoms with Gasteiger partial charge in [-0.05, 0) is 17.7 Å². The first-order chi connectivity index (χ1) is 10.5. The molecule has 0 saturated heterocycles. The Morgan fingerprint density at radius 2 is 2.05 bits per heavy atom. The van der Waals surface area contributed by atoms with E-state index >= 15 is 0 Å². The number of carbonyl (C=O) groups is 1. The van der Waals surface area contributed by atoms with Crippen LogP contribution in [0.4, 0.5) is 0 Å². The molecule has 5 nitrogen and oxygen atoms in total. The van der Waals surface area contributed by atoms with Crippen molar-refractivity contribution in [2.75, 3.05) is 12.8 Å². The van der Waals surface area contributed by atoms with Crippen LogP contribution < -0.4 is 0 Å². The lowest BCUT2D eigenvalue weighted by atomic mass is 10.2. The number of benzene rings is 1. The monoisotopic (exact) mass is 382 g/mol. The first kappa shape index (κ1) is 17.0. The van der Waals surface area contributed by atoms with Gasteiger partial charge in [0.25, 0.3) is 0 Å². The molecule has 1 N–H and O–H groups in total. The first-order valence-corrected chi connectivity index (χ1v) is 8.77. The van der Waals surface area contributed by atoms with Gasteiger partial charge in [0.2, 0.25) is 11.1 Å². The van der Waals surface area contributed by atoms with Crippen LogP contribution in [0.3, 0.4) is 0 Å². The average molecular weight is 383 g/mol. The Kier molecular flexibility index (Phi) is 6.02. The third-order valence-electron chi connectivity index (χ3n) is 3.11. The highest BCUT2D eigenvalue weighted by atomic mass is 79.9. The van der Waals surface area contributed by atoms with Crippen molar-refractivity contribution in [2.24, 2.45) is 0 Å². The number of halogens is 1. The molecule has 1 aromatic carbocycles. The molecule has 0 aliphatic heterocycles. The summed E-state index contributed by atoms with van der Waals surface area (Å²) in [6.07, 6.45) is 0. The van der Waals surface area contributed by atoms with E-state index in [0.717, 1.165) is 15.9 Å². The Morgan fingerprint density at radius 3 is 2.64 bits per heavy atom. The molecule has 1 heterocycles. The lowest BCUT2D eigenvalue weighted by Gasteiger charge is -2.16. The predicted molar refractivity (Wildman–Crippen MR) is 91.8 cm³/mol. The Bertz CT molecular complexity index is 627. The summed E-state index contributed by atoms with van der Waals surface area (Å²) in [7, 11) is 1.81. The van der Waals surface area contributed by atoms with Crippen molar-refractivity contribution >= 4 is 33.6 Å². The van der Waals surface area contributed by atoms with E-state index in [4.69, 9.17) is 0 Å². The van der Waals surface area contributed by atoms with Crippen LogP contribution in [0.25, 0.3) is 0 Å². The quantitative estimate of drug-likeness (QED) is 0.777. The second-order valence-corrected chi connectivity index (χ2v) is 7.18. The minimum Gasteiger partial charge on any atom is -0.341 e. The molecule has 0 fully saturated rings. The minimum absolute atomic E-state index is 0.0591. The number of carbonyl (C=O) groups excluding carboxylic acids is 1. The highest BCUT2D eigenvalue weighted by molar-refractivity contribution is 9.10. The zero-order valence-corrected chi connectivity index (χ0v) is 15.2. The molecule has 0 atom stereocenters.